The van der Waals surface area contributed by atoms with Crippen molar-refractivity contribution in [1.82, 2.24) is 10.6 Å². The lowest BCUT2D eigenvalue weighted by Gasteiger charge is -2.12. The van der Waals surface area contributed by atoms with Gasteiger partial charge in [0, 0.05) is 19.7 Å². The lowest BCUT2D eigenvalue weighted by Crippen LogP contribution is -2.36. The first kappa shape index (κ1) is 20.1. The molecule has 0 aliphatic rings. The summed E-state index contributed by atoms with van der Waals surface area (Å²) < 4.78 is 0. The van der Waals surface area contributed by atoms with Crippen LogP contribution in [-0.4, -0.2) is 36.0 Å². The zero-order valence-electron chi connectivity index (χ0n) is 15.1. The van der Waals surface area contributed by atoms with E-state index in [2.05, 4.69) is 16.0 Å². The van der Waals surface area contributed by atoms with Crippen LogP contribution in [0.15, 0.2) is 48.5 Å². The summed E-state index contributed by atoms with van der Waals surface area (Å²) in [5.74, 6) is -2.04. The van der Waals surface area contributed by atoms with Crippen LogP contribution in [0, 0.1) is 6.92 Å². The highest BCUT2D eigenvalue weighted by atomic mass is 16.3. The van der Waals surface area contributed by atoms with E-state index in [4.69, 9.17) is 5.11 Å². The number of para-hydroxylation sites is 1. The molecule has 7 nitrogen and oxygen atoms in total. The molecule has 0 spiro atoms. The van der Waals surface area contributed by atoms with Crippen molar-refractivity contribution in [3.05, 3.63) is 65.2 Å². The fraction of sp³-hybridized carbons (Fsp3) is 0.250. The second kappa shape index (κ2) is 10.1. The molecule has 7 heteroatoms. The lowest BCUT2D eigenvalue weighted by molar-refractivity contribution is -0.136. The minimum Gasteiger partial charge on any atom is -0.396 e. The van der Waals surface area contributed by atoms with Crippen molar-refractivity contribution in [3.8, 4) is 0 Å². The predicted molar refractivity (Wildman–Crippen MR) is 102 cm³/mol. The SMILES string of the molecule is Cc1ccccc1CNC(=O)c1ccccc1NC(=O)C(=O)NCCCO. The van der Waals surface area contributed by atoms with E-state index < -0.39 is 11.8 Å². The number of aliphatic hydroxyl groups is 1. The average molecular weight is 369 g/mol. The van der Waals surface area contributed by atoms with Crippen molar-refractivity contribution in [1.29, 1.82) is 0 Å². The van der Waals surface area contributed by atoms with Crippen molar-refractivity contribution in [2.75, 3.05) is 18.5 Å². The monoisotopic (exact) mass is 369 g/mol. The smallest absolute Gasteiger partial charge is 0.313 e. The number of rotatable bonds is 7. The summed E-state index contributed by atoms with van der Waals surface area (Å²) in [5, 5.41) is 16.4. The average Bonchev–Trinajstić information content (AvgIpc) is 2.67. The van der Waals surface area contributed by atoms with Crippen LogP contribution in [0.5, 0.6) is 0 Å². The van der Waals surface area contributed by atoms with Gasteiger partial charge >= 0.3 is 11.8 Å². The molecule has 0 aromatic heterocycles. The molecule has 0 bridgehead atoms. The van der Waals surface area contributed by atoms with Gasteiger partial charge in [0.25, 0.3) is 5.91 Å². The summed E-state index contributed by atoms with van der Waals surface area (Å²) in [4.78, 5) is 36.3. The van der Waals surface area contributed by atoms with Crippen molar-refractivity contribution in [2.45, 2.75) is 19.9 Å². The molecule has 0 fully saturated rings. The quantitative estimate of drug-likeness (QED) is 0.437. The summed E-state index contributed by atoms with van der Waals surface area (Å²) in [6.45, 7) is 2.44. The Morgan fingerprint density at radius 3 is 2.37 bits per heavy atom. The highest BCUT2D eigenvalue weighted by Crippen LogP contribution is 2.15. The molecule has 0 heterocycles. The Morgan fingerprint density at radius 2 is 1.63 bits per heavy atom. The molecule has 0 radical (unpaired) electrons. The zero-order chi connectivity index (χ0) is 19.6. The second-order valence-corrected chi connectivity index (χ2v) is 5.94. The van der Waals surface area contributed by atoms with Crippen LogP contribution in [0.2, 0.25) is 0 Å². The number of anilines is 1. The van der Waals surface area contributed by atoms with Crippen LogP contribution < -0.4 is 16.0 Å². The van der Waals surface area contributed by atoms with Crippen LogP contribution in [0.3, 0.4) is 0 Å². The third-order valence-electron chi connectivity index (χ3n) is 3.95. The Hall–Kier alpha value is -3.19. The molecule has 0 saturated carbocycles. The number of benzene rings is 2. The van der Waals surface area contributed by atoms with E-state index >= 15 is 0 Å². The molecule has 0 saturated heterocycles. The first-order valence-electron chi connectivity index (χ1n) is 8.64. The molecule has 0 aliphatic heterocycles. The highest BCUT2D eigenvalue weighted by molar-refractivity contribution is 6.40. The van der Waals surface area contributed by atoms with E-state index in [9.17, 15) is 14.4 Å². The Kier molecular flexibility index (Phi) is 7.51. The van der Waals surface area contributed by atoms with Crippen molar-refractivity contribution < 1.29 is 19.5 Å². The van der Waals surface area contributed by atoms with Crippen LogP contribution in [0.1, 0.15) is 27.9 Å². The summed E-state index contributed by atoms with van der Waals surface area (Å²) in [6, 6.07) is 14.2. The van der Waals surface area contributed by atoms with Crippen molar-refractivity contribution >= 4 is 23.4 Å². The van der Waals surface area contributed by atoms with Gasteiger partial charge in [0.15, 0.2) is 0 Å². The molecule has 0 unspecified atom stereocenters. The third-order valence-corrected chi connectivity index (χ3v) is 3.95. The summed E-state index contributed by atoms with van der Waals surface area (Å²) in [7, 11) is 0. The van der Waals surface area contributed by atoms with Gasteiger partial charge in [-0.15, -0.1) is 0 Å². The predicted octanol–water partition coefficient (Wildman–Crippen LogP) is 1.36. The summed E-state index contributed by atoms with van der Waals surface area (Å²) in [6.07, 6.45) is 0.358. The summed E-state index contributed by atoms with van der Waals surface area (Å²) >= 11 is 0. The number of nitrogens with one attached hydrogen (secondary N) is 3. The van der Waals surface area contributed by atoms with Gasteiger partial charge in [0.1, 0.15) is 0 Å². The van der Waals surface area contributed by atoms with Crippen molar-refractivity contribution in [2.24, 2.45) is 0 Å². The second-order valence-electron chi connectivity index (χ2n) is 5.94. The maximum atomic E-state index is 12.5. The van der Waals surface area contributed by atoms with Gasteiger partial charge in [-0.1, -0.05) is 36.4 Å². The molecule has 0 atom stereocenters. The van der Waals surface area contributed by atoms with Crippen LogP contribution in [0.25, 0.3) is 0 Å². The molecular formula is C20H23N3O4. The molecule has 2 aromatic carbocycles. The normalized spacial score (nSPS) is 10.1. The standard InChI is InChI=1S/C20H23N3O4/c1-14-7-2-3-8-15(14)13-22-18(25)16-9-4-5-10-17(16)23-20(27)19(26)21-11-6-12-24/h2-5,7-10,24H,6,11-13H2,1H3,(H,21,26)(H,22,25)(H,23,27). The Balaban J connectivity index is 2.01. The number of amides is 3. The first-order chi connectivity index (χ1) is 13.0. The minimum atomic E-state index is -0.868. The van der Waals surface area contributed by atoms with E-state index in [1.807, 2.05) is 31.2 Å². The number of carbonyl (C=O) groups excluding carboxylic acids is 3. The number of aryl methyl sites for hydroxylation is 1. The number of carbonyl (C=O) groups is 3. The summed E-state index contributed by atoms with van der Waals surface area (Å²) in [5.41, 5.74) is 2.58. The van der Waals surface area contributed by atoms with Gasteiger partial charge in [-0.2, -0.15) is 0 Å². The molecule has 2 rings (SSSR count). The van der Waals surface area contributed by atoms with Crippen molar-refractivity contribution in [3.63, 3.8) is 0 Å². The Labute approximate surface area is 157 Å². The Morgan fingerprint density at radius 1 is 0.926 bits per heavy atom. The van der Waals surface area contributed by atoms with Crippen LogP contribution in [0.4, 0.5) is 5.69 Å². The highest BCUT2D eigenvalue weighted by Gasteiger charge is 2.17. The fourth-order valence-corrected chi connectivity index (χ4v) is 2.41. The maximum absolute atomic E-state index is 12.5. The maximum Gasteiger partial charge on any atom is 0.313 e. The number of aliphatic hydroxyl groups excluding tert-OH is 1. The molecular weight excluding hydrogens is 346 g/mol. The van der Waals surface area contributed by atoms with Gasteiger partial charge in [-0.25, -0.2) is 0 Å². The minimum absolute atomic E-state index is 0.0776. The third kappa shape index (κ3) is 5.93. The van der Waals surface area contributed by atoms with E-state index in [1.165, 1.54) is 0 Å². The molecule has 3 amide bonds. The van der Waals surface area contributed by atoms with Gasteiger partial charge in [0.05, 0.1) is 11.3 Å². The van der Waals surface area contributed by atoms with E-state index in [-0.39, 0.29) is 30.3 Å². The van der Waals surface area contributed by atoms with E-state index in [1.54, 1.807) is 24.3 Å². The van der Waals surface area contributed by atoms with Gasteiger partial charge in [0.2, 0.25) is 0 Å². The van der Waals surface area contributed by atoms with E-state index in [0.29, 0.717) is 13.0 Å². The Bertz CT molecular complexity index is 820. The molecule has 0 aliphatic carbocycles. The lowest BCUT2D eigenvalue weighted by atomic mass is 10.1. The van der Waals surface area contributed by atoms with E-state index in [0.717, 1.165) is 11.1 Å². The molecule has 27 heavy (non-hydrogen) atoms. The zero-order valence-corrected chi connectivity index (χ0v) is 15.1. The van der Waals surface area contributed by atoms with Crippen LogP contribution in [-0.2, 0) is 16.1 Å². The van der Waals surface area contributed by atoms with Gasteiger partial charge in [-0.05, 0) is 36.6 Å². The van der Waals surface area contributed by atoms with Crippen LogP contribution >= 0.6 is 0 Å². The molecule has 2 aromatic rings. The van der Waals surface area contributed by atoms with Gasteiger partial charge < -0.3 is 21.1 Å². The number of hydrogen-bond acceptors (Lipinski definition) is 4. The molecule has 142 valence electrons. The first-order valence-corrected chi connectivity index (χ1v) is 8.64. The topological polar surface area (TPSA) is 108 Å². The molecule has 4 N–H and O–H groups in total. The van der Waals surface area contributed by atoms with Gasteiger partial charge in [-0.3, -0.25) is 14.4 Å². The number of hydrogen-bond donors (Lipinski definition) is 4. The fourth-order valence-electron chi connectivity index (χ4n) is 2.41. The largest absolute Gasteiger partial charge is 0.396 e.